The standard InChI is InChI=1S/C24H17Cl2NO6S2/c1-32-16-8-10-18(11-9-16)35(30,31)33-17-5-2-4-15(12-17)13-22-23(28)27(24(29)34-22)14-19-20(25)6-3-7-21(19)26/h2-13H,14H2,1H3/b22-13-. The molecule has 35 heavy (non-hydrogen) atoms. The fourth-order valence-electron chi connectivity index (χ4n) is 3.20. The van der Waals surface area contributed by atoms with Gasteiger partial charge in [-0.1, -0.05) is 41.4 Å². The minimum atomic E-state index is -4.09. The van der Waals surface area contributed by atoms with Gasteiger partial charge in [0.2, 0.25) is 0 Å². The minimum absolute atomic E-state index is 0.0388. The van der Waals surface area contributed by atoms with E-state index in [4.69, 9.17) is 32.1 Å². The zero-order chi connectivity index (χ0) is 25.2. The van der Waals surface area contributed by atoms with Crippen molar-refractivity contribution in [2.75, 3.05) is 7.11 Å². The van der Waals surface area contributed by atoms with Crippen LogP contribution in [-0.2, 0) is 21.5 Å². The van der Waals surface area contributed by atoms with E-state index in [-0.39, 0.29) is 22.1 Å². The number of imide groups is 1. The van der Waals surface area contributed by atoms with E-state index in [1.165, 1.54) is 49.6 Å². The molecule has 11 heteroatoms. The predicted molar refractivity (Wildman–Crippen MR) is 135 cm³/mol. The molecule has 0 N–H and O–H groups in total. The quantitative estimate of drug-likeness (QED) is 0.263. The Hall–Kier alpha value is -2.98. The highest BCUT2D eigenvalue weighted by Crippen LogP contribution is 2.36. The van der Waals surface area contributed by atoms with Gasteiger partial charge in [-0.3, -0.25) is 14.5 Å². The Morgan fingerprint density at radius 3 is 2.26 bits per heavy atom. The predicted octanol–water partition coefficient (Wildman–Crippen LogP) is 6.01. The molecule has 3 aromatic carbocycles. The average Bonchev–Trinajstić information content (AvgIpc) is 3.08. The van der Waals surface area contributed by atoms with E-state index in [1.54, 1.807) is 30.3 Å². The van der Waals surface area contributed by atoms with Crippen LogP contribution in [0.15, 0.2) is 76.5 Å². The van der Waals surface area contributed by atoms with Gasteiger partial charge in [-0.15, -0.1) is 0 Å². The maximum atomic E-state index is 12.9. The highest BCUT2D eigenvalue weighted by molar-refractivity contribution is 8.18. The van der Waals surface area contributed by atoms with Crippen LogP contribution in [0.3, 0.4) is 0 Å². The van der Waals surface area contributed by atoms with Crippen molar-refractivity contribution in [1.82, 2.24) is 4.90 Å². The summed E-state index contributed by atoms with van der Waals surface area (Å²) in [5.74, 6) is 0.0570. The van der Waals surface area contributed by atoms with Crippen molar-refractivity contribution in [1.29, 1.82) is 0 Å². The summed E-state index contributed by atoms with van der Waals surface area (Å²) >= 11 is 13.1. The first kappa shape index (κ1) is 25.1. The number of thioether (sulfide) groups is 1. The van der Waals surface area contributed by atoms with Gasteiger partial charge < -0.3 is 8.92 Å². The second-order valence-electron chi connectivity index (χ2n) is 7.25. The first-order valence-corrected chi connectivity index (χ1v) is 13.0. The first-order chi connectivity index (χ1) is 16.7. The van der Waals surface area contributed by atoms with Gasteiger partial charge in [0.25, 0.3) is 11.1 Å². The van der Waals surface area contributed by atoms with Crippen LogP contribution in [0, 0.1) is 0 Å². The van der Waals surface area contributed by atoms with Gasteiger partial charge in [0, 0.05) is 15.6 Å². The molecule has 1 aliphatic rings. The number of carbonyl (C=O) groups excluding carboxylic acids is 2. The molecule has 3 aromatic rings. The summed E-state index contributed by atoms with van der Waals surface area (Å²) in [7, 11) is -2.61. The Balaban J connectivity index is 1.53. The first-order valence-electron chi connectivity index (χ1n) is 10.0. The fraction of sp³-hybridized carbons (Fsp3) is 0.0833. The van der Waals surface area contributed by atoms with Crippen molar-refractivity contribution >= 4 is 62.3 Å². The van der Waals surface area contributed by atoms with E-state index >= 15 is 0 Å². The Kier molecular flexibility index (Phi) is 7.42. The number of hydrogen-bond donors (Lipinski definition) is 0. The second kappa shape index (κ2) is 10.3. The molecule has 1 saturated heterocycles. The van der Waals surface area contributed by atoms with Gasteiger partial charge in [-0.25, -0.2) is 0 Å². The number of halogens is 2. The smallest absolute Gasteiger partial charge is 0.339 e. The van der Waals surface area contributed by atoms with Gasteiger partial charge in [0.1, 0.15) is 16.4 Å². The molecule has 1 fully saturated rings. The number of hydrogen-bond acceptors (Lipinski definition) is 7. The maximum absolute atomic E-state index is 12.9. The average molecular weight is 550 g/mol. The topological polar surface area (TPSA) is 90.0 Å². The Bertz CT molecular complexity index is 1420. The summed E-state index contributed by atoms with van der Waals surface area (Å²) in [6, 6.07) is 16.9. The van der Waals surface area contributed by atoms with E-state index in [1.807, 2.05) is 0 Å². The van der Waals surface area contributed by atoms with E-state index in [2.05, 4.69) is 0 Å². The third kappa shape index (κ3) is 5.65. The summed E-state index contributed by atoms with van der Waals surface area (Å²) in [4.78, 5) is 26.6. The molecule has 0 bridgehead atoms. The molecular formula is C24H17Cl2NO6S2. The molecule has 7 nitrogen and oxygen atoms in total. The number of nitrogens with zero attached hydrogens (tertiary/aromatic N) is 1. The highest BCUT2D eigenvalue weighted by atomic mass is 35.5. The minimum Gasteiger partial charge on any atom is -0.497 e. The van der Waals surface area contributed by atoms with E-state index in [0.717, 1.165) is 16.7 Å². The number of benzene rings is 3. The Labute approximate surface area is 216 Å². The molecule has 4 rings (SSSR count). The lowest BCUT2D eigenvalue weighted by Gasteiger charge is -2.14. The summed E-state index contributed by atoms with van der Waals surface area (Å²) in [6.07, 6.45) is 1.49. The lowest BCUT2D eigenvalue weighted by Crippen LogP contribution is -2.27. The van der Waals surface area contributed by atoms with Gasteiger partial charge in [-0.05, 0) is 71.9 Å². The third-order valence-electron chi connectivity index (χ3n) is 4.96. The van der Waals surface area contributed by atoms with Gasteiger partial charge in [-0.2, -0.15) is 8.42 Å². The lowest BCUT2D eigenvalue weighted by atomic mass is 10.2. The van der Waals surface area contributed by atoms with Crippen molar-refractivity contribution in [2.24, 2.45) is 0 Å². The van der Waals surface area contributed by atoms with Gasteiger partial charge >= 0.3 is 10.1 Å². The zero-order valence-corrected chi connectivity index (χ0v) is 21.2. The molecule has 0 aromatic heterocycles. The molecular weight excluding hydrogens is 533 g/mol. The van der Waals surface area contributed by atoms with Crippen molar-refractivity contribution in [3.63, 3.8) is 0 Å². The largest absolute Gasteiger partial charge is 0.497 e. The van der Waals surface area contributed by atoms with Crippen molar-refractivity contribution < 1.29 is 26.9 Å². The van der Waals surface area contributed by atoms with Crippen LogP contribution in [0.1, 0.15) is 11.1 Å². The highest BCUT2D eigenvalue weighted by Gasteiger charge is 2.35. The zero-order valence-electron chi connectivity index (χ0n) is 18.1. The number of rotatable bonds is 7. The number of carbonyl (C=O) groups is 2. The van der Waals surface area contributed by atoms with Crippen molar-refractivity contribution in [3.8, 4) is 11.5 Å². The third-order valence-corrected chi connectivity index (χ3v) is 7.84. The molecule has 0 unspecified atom stereocenters. The van der Waals surface area contributed by atoms with Crippen LogP contribution in [0.4, 0.5) is 4.79 Å². The molecule has 0 aliphatic carbocycles. The van der Waals surface area contributed by atoms with Crippen molar-refractivity contribution in [2.45, 2.75) is 11.4 Å². The van der Waals surface area contributed by atoms with Crippen LogP contribution in [0.2, 0.25) is 10.0 Å². The molecule has 2 amide bonds. The van der Waals surface area contributed by atoms with Gasteiger partial charge in [0.15, 0.2) is 0 Å². The van der Waals surface area contributed by atoms with Crippen LogP contribution >= 0.6 is 35.0 Å². The molecule has 0 saturated carbocycles. The molecule has 0 spiro atoms. The molecule has 180 valence electrons. The van der Waals surface area contributed by atoms with Crippen LogP contribution in [0.5, 0.6) is 11.5 Å². The summed E-state index contributed by atoms with van der Waals surface area (Å²) < 4.78 is 35.5. The maximum Gasteiger partial charge on any atom is 0.339 e. The molecule has 1 aliphatic heterocycles. The number of ether oxygens (including phenoxy) is 1. The normalized spacial score (nSPS) is 15.1. The lowest BCUT2D eigenvalue weighted by molar-refractivity contribution is -0.123. The van der Waals surface area contributed by atoms with E-state index in [0.29, 0.717) is 26.9 Å². The van der Waals surface area contributed by atoms with E-state index in [9.17, 15) is 18.0 Å². The van der Waals surface area contributed by atoms with Crippen molar-refractivity contribution in [3.05, 3.63) is 92.8 Å². The summed E-state index contributed by atoms with van der Waals surface area (Å²) in [5, 5.41) is 0.235. The SMILES string of the molecule is COc1ccc(S(=O)(=O)Oc2cccc(/C=C3\SC(=O)N(Cc4c(Cl)cccc4Cl)C3=O)c2)cc1. The number of methoxy groups -OCH3 is 1. The number of amides is 2. The van der Waals surface area contributed by atoms with Crippen LogP contribution in [-0.4, -0.2) is 31.6 Å². The molecule has 0 atom stereocenters. The second-order valence-corrected chi connectivity index (χ2v) is 10.6. The van der Waals surface area contributed by atoms with E-state index < -0.39 is 21.3 Å². The summed E-state index contributed by atoms with van der Waals surface area (Å²) in [5.41, 5.74) is 0.951. The van der Waals surface area contributed by atoms with Crippen LogP contribution < -0.4 is 8.92 Å². The molecule has 1 heterocycles. The Morgan fingerprint density at radius 2 is 1.60 bits per heavy atom. The molecule has 0 radical (unpaired) electrons. The monoisotopic (exact) mass is 549 g/mol. The van der Waals surface area contributed by atoms with Crippen LogP contribution in [0.25, 0.3) is 6.08 Å². The summed E-state index contributed by atoms with van der Waals surface area (Å²) in [6.45, 7) is -0.0657. The van der Waals surface area contributed by atoms with Gasteiger partial charge in [0.05, 0.1) is 18.6 Å². The fourth-order valence-corrected chi connectivity index (χ4v) is 5.48. The Morgan fingerprint density at radius 1 is 0.943 bits per heavy atom.